The molecule has 38 heavy (non-hydrogen) atoms. The summed E-state index contributed by atoms with van der Waals surface area (Å²) < 4.78 is 6.90. The second-order valence-electron chi connectivity index (χ2n) is 9.87. The number of hydrogen-bond donors (Lipinski definition) is 3. The molecule has 4 rings (SSSR count). The molecule has 1 atom stereocenters. The van der Waals surface area contributed by atoms with E-state index >= 15 is 0 Å². The number of fused-ring (bicyclic) bond motifs is 1. The minimum atomic E-state index is -0.989. The van der Waals surface area contributed by atoms with Crippen LogP contribution in [0.3, 0.4) is 0 Å². The minimum absolute atomic E-state index is 0.204. The molecule has 196 valence electrons. The molecule has 1 aromatic heterocycles. The molecule has 1 heterocycles. The Morgan fingerprint density at radius 2 is 1.68 bits per heavy atom. The average Bonchev–Trinajstić information content (AvgIpc) is 2.86. The first-order chi connectivity index (χ1) is 18.0. The predicted octanol–water partition coefficient (Wildman–Crippen LogP) is 5.28. The largest absolute Gasteiger partial charge is 0.478 e. The van der Waals surface area contributed by atoms with E-state index in [2.05, 4.69) is 10.6 Å². The number of alkyl carbamates (subject to hydrolysis) is 1. The first-order valence-corrected chi connectivity index (χ1v) is 12.2. The molecule has 9 heteroatoms. The van der Waals surface area contributed by atoms with Crippen LogP contribution in [0.4, 0.5) is 10.5 Å². The third kappa shape index (κ3) is 6.00. The van der Waals surface area contributed by atoms with Crippen LogP contribution in [0.15, 0.2) is 77.6 Å². The number of carbonyl (C=O) groups excluding carboxylic acids is 1. The van der Waals surface area contributed by atoms with E-state index < -0.39 is 23.7 Å². The number of ether oxygens (including phenoxy) is 1. The van der Waals surface area contributed by atoms with Crippen LogP contribution < -0.4 is 16.2 Å². The number of carbonyl (C=O) groups is 2. The summed E-state index contributed by atoms with van der Waals surface area (Å²) in [5.74, 6) is -0.627. The molecule has 0 unspecified atom stereocenters. The molecule has 0 spiro atoms. The van der Waals surface area contributed by atoms with Crippen LogP contribution in [-0.4, -0.2) is 32.3 Å². The second kappa shape index (κ2) is 10.8. The van der Waals surface area contributed by atoms with Crippen molar-refractivity contribution in [1.82, 2.24) is 14.9 Å². The van der Waals surface area contributed by atoms with Gasteiger partial charge in [0.25, 0.3) is 5.56 Å². The van der Waals surface area contributed by atoms with Gasteiger partial charge in [-0.25, -0.2) is 14.6 Å². The summed E-state index contributed by atoms with van der Waals surface area (Å²) in [4.78, 5) is 42.4. The van der Waals surface area contributed by atoms with Crippen molar-refractivity contribution in [2.24, 2.45) is 0 Å². The normalized spacial score (nSPS) is 12.1. The molecule has 9 nitrogen and oxygen atoms in total. The molecule has 0 fully saturated rings. The lowest BCUT2D eigenvalue weighted by atomic mass is 10.1. The highest BCUT2D eigenvalue weighted by atomic mass is 16.6. The quantitative estimate of drug-likeness (QED) is 0.307. The van der Waals surface area contributed by atoms with Crippen molar-refractivity contribution in [3.8, 4) is 5.69 Å². The Labute approximate surface area is 220 Å². The fourth-order valence-corrected chi connectivity index (χ4v) is 4.02. The number of aromatic nitrogens is 2. The number of benzene rings is 3. The van der Waals surface area contributed by atoms with Crippen molar-refractivity contribution in [1.29, 1.82) is 0 Å². The minimum Gasteiger partial charge on any atom is -0.478 e. The molecular formula is C29H30N4O5. The van der Waals surface area contributed by atoms with Gasteiger partial charge in [-0.2, -0.15) is 0 Å². The molecule has 3 N–H and O–H groups in total. The van der Waals surface area contributed by atoms with Gasteiger partial charge in [-0.05, 0) is 69.7 Å². The Kier molecular flexibility index (Phi) is 7.47. The van der Waals surface area contributed by atoms with E-state index in [1.54, 1.807) is 70.2 Å². The second-order valence-corrected chi connectivity index (χ2v) is 9.87. The van der Waals surface area contributed by atoms with Gasteiger partial charge < -0.3 is 20.5 Å². The fourth-order valence-electron chi connectivity index (χ4n) is 4.02. The average molecular weight is 515 g/mol. The molecule has 0 aliphatic heterocycles. The number of amides is 1. The third-order valence-corrected chi connectivity index (χ3v) is 5.74. The zero-order valence-corrected chi connectivity index (χ0v) is 21.7. The van der Waals surface area contributed by atoms with Crippen LogP contribution in [0.1, 0.15) is 55.5 Å². The first kappa shape index (κ1) is 26.4. The van der Waals surface area contributed by atoms with Crippen LogP contribution >= 0.6 is 0 Å². The standard InChI is InChI=1S/C29H30N4O5/c1-18(31-28(37)38-29(2,3)4)25-32-23-12-8-11-22(30-17-19-13-15-20(16-14-19)27(35)36)24(23)26(34)33(25)21-9-6-5-7-10-21/h5-16,18,30H,17H2,1-4H3,(H,31,37)(H,35,36)/t18-/m0/s1. The highest BCUT2D eigenvalue weighted by Gasteiger charge is 2.23. The van der Waals surface area contributed by atoms with E-state index in [4.69, 9.17) is 14.8 Å². The van der Waals surface area contributed by atoms with Crippen LogP contribution in [-0.2, 0) is 11.3 Å². The number of carboxylic acids is 1. The van der Waals surface area contributed by atoms with Crippen LogP contribution in [0.2, 0.25) is 0 Å². The molecule has 0 aliphatic rings. The predicted molar refractivity (Wildman–Crippen MR) is 146 cm³/mol. The molecule has 4 aromatic rings. The summed E-state index contributed by atoms with van der Waals surface area (Å²) in [6, 6.07) is 20.4. The highest BCUT2D eigenvalue weighted by Crippen LogP contribution is 2.24. The van der Waals surface area contributed by atoms with Crippen LogP contribution in [0, 0.1) is 0 Å². The summed E-state index contributed by atoms with van der Waals surface area (Å²) in [7, 11) is 0. The van der Waals surface area contributed by atoms with Crippen molar-refractivity contribution in [2.45, 2.75) is 45.9 Å². The lowest BCUT2D eigenvalue weighted by molar-refractivity contribution is 0.0504. The molecule has 0 bridgehead atoms. The van der Waals surface area contributed by atoms with Gasteiger partial charge in [-0.1, -0.05) is 36.4 Å². The third-order valence-electron chi connectivity index (χ3n) is 5.74. The van der Waals surface area contributed by atoms with Crippen molar-refractivity contribution in [3.05, 3.63) is 100 Å². The molecule has 0 radical (unpaired) electrons. The van der Waals surface area contributed by atoms with E-state index in [9.17, 15) is 14.4 Å². The Morgan fingerprint density at radius 3 is 2.32 bits per heavy atom. The van der Waals surface area contributed by atoms with Crippen LogP contribution in [0.5, 0.6) is 0 Å². The molecular weight excluding hydrogens is 484 g/mol. The van der Waals surface area contributed by atoms with E-state index in [-0.39, 0.29) is 11.1 Å². The first-order valence-electron chi connectivity index (χ1n) is 12.2. The van der Waals surface area contributed by atoms with Gasteiger partial charge >= 0.3 is 12.1 Å². The molecule has 1 amide bonds. The summed E-state index contributed by atoms with van der Waals surface area (Å²) in [5.41, 5.74) is 1.77. The van der Waals surface area contributed by atoms with E-state index in [0.717, 1.165) is 5.56 Å². The zero-order valence-electron chi connectivity index (χ0n) is 21.7. The van der Waals surface area contributed by atoms with Crippen LogP contribution in [0.25, 0.3) is 16.6 Å². The fraction of sp³-hybridized carbons (Fsp3) is 0.241. The Bertz CT molecular complexity index is 1520. The lowest BCUT2D eigenvalue weighted by Crippen LogP contribution is -2.37. The van der Waals surface area contributed by atoms with Gasteiger partial charge in [0.2, 0.25) is 0 Å². The topological polar surface area (TPSA) is 123 Å². The van der Waals surface area contributed by atoms with Gasteiger partial charge in [0.05, 0.1) is 28.2 Å². The van der Waals surface area contributed by atoms with E-state index in [1.807, 2.05) is 18.2 Å². The molecule has 0 aliphatic carbocycles. The Balaban J connectivity index is 1.75. The van der Waals surface area contributed by atoms with Gasteiger partial charge in [-0.3, -0.25) is 9.36 Å². The zero-order chi connectivity index (χ0) is 27.4. The van der Waals surface area contributed by atoms with E-state index in [1.165, 1.54) is 16.7 Å². The monoisotopic (exact) mass is 514 g/mol. The molecule has 3 aromatic carbocycles. The number of nitrogens with zero attached hydrogens (tertiary/aromatic N) is 2. The summed E-state index contributed by atoms with van der Waals surface area (Å²) in [5, 5.41) is 15.6. The van der Waals surface area contributed by atoms with Crippen molar-refractivity contribution < 1.29 is 19.4 Å². The highest BCUT2D eigenvalue weighted by molar-refractivity contribution is 5.91. The number of para-hydroxylation sites is 1. The van der Waals surface area contributed by atoms with E-state index in [0.29, 0.717) is 34.6 Å². The number of rotatable bonds is 7. The number of aromatic carboxylic acids is 1. The van der Waals surface area contributed by atoms with Gasteiger partial charge in [-0.15, -0.1) is 0 Å². The van der Waals surface area contributed by atoms with Crippen molar-refractivity contribution >= 4 is 28.7 Å². The Morgan fingerprint density at radius 1 is 1.00 bits per heavy atom. The summed E-state index contributed by atoms with van der Waals surface area (Å²) in [6.07, 6.45) is -0.608. The maximum absolute atomic E-state index is 14.0. The maximum Gasteiger partial charge on any atom is 0.408 e. The van der Waals surface area contributed by atoms with Gasteiger partial charge in [0.1, 0.15) is 11.4 Å². The summed E-state index contributed by atoms with van der Waals surface area (Å²) >= 11 is 0. The SMILES string of the molecule is C[C@H](NC(=O)OC(C)(C)C)c1nc2cccc(NCc3ccc(C(=O)O)cc3)c2c(=O)n1-c1ccccc1. The smallest absolute Gasteiger partial charge is 0.408 e. The Hall–Kier alpha value is -4.66. The number of anilines is 1. The number of hydrogen-bond acceptors (Lipinski definition) is 6. The summed E-state index contributed by atoms with van der Waals surface area (Å²) in [6.45, 7) is 7.46. The number of nitrogens with one attached hydrogen (secondary N) is 2. The number of carboxylic acid groups (broad SMARTS) is 1. The van der Waals surface area contributed by atoms with Crippen molar-refractivity contribution in [3.63, 3.8) is 0 Å². The van der Waals surface area contributed by atoms with Gasteiger partial charge in [0, 0.05) is 12.2 Å². The van der Waals surface area contributed by atoms with Gasteiger partial charge in [0.15, 0.2) is 0 Å². The van der Waals surface area contributed by atoms with Crippen molar-refractivity contribution in [2.75, 3.05) is 5.32 Å². The maximum atomic E-state index is 14.0. The lowest BCUT2D eigenvalue weighted by Gasteiger charge is -2.23. The molecule has 0 saturated heterocycles. The molecule has 0 saturated carbocycles.